The molecule has 0 atom stereocenters. The third-order valence-corrected chi connectivity index (χ3v) is 5.70. The zero-order chi connectivity index (χ0) is 21.7. The lowest BCUT2D eigenvalue weighted by atomic mass is 10.2. The second-order valence-electron chi connectivity index (χ2n) is 6.41. The minimum absolute atomic E-state index is 0.0629. The lowest BCUT2D eigenvalue weighted by Gasteiger charge is -2.12. The normalized spacial score (nSPS) is 15.4. The summed E-state index contributed by atoms with van der Waals surface area (Å²) >= 11 is 6.42. The van der Waals surface area contributed by atoms with Crippen molar-refractivity contribution in [3.63, 3.8) is 0 Å². The highest BCUT2D eigenvalue weighted by atomic mass is 32.2. The van der Waals surface area contributed by atoms with Gasteiger partial charge in [-0.2, -0.15) is 0 Å². The van der Waals surface area contributed by atoms with Crippen LogP contribution >= 0.6 is 24.0 Å². The van der Waals surface area contributed by atoms with Gasteiger partial charge in [-0.1, -0.05) is 36.1 Å². The molecule has 0 unspecified atom stereocenters. The fourth-order valence-electron chi connectivity index (χ4n) is 2.90. The van der Waals surface area contributed by atoms with Crippen LogP contribution in [0, 0.1) is 6.92 Å². The number of pyridine rings is 1. The summed E-state index contributed by atoms with van der Waals surface area (Å²) in [6.45, 7) is 6.70. The molecule has 1 fully saturated rings. The highest BCUT2D eigenvalue weighted by Crippen LogP contribution is 2.32. The summed E-state index contributed by atoms with van der Waals surface area (Å²) in [5.41, 5.74) is 1.34. The van der Waals surface area contributed by atoms with Crippen LogP contribution in [0.3, 0.4) is 0 Å². The number of nitrogens with zero attached hydrogens (tertiary/aromatic N) is 3. The van der Waals surface area contributed by atoms with E-state index in [-0.39, 0.29) is 30.2 Å². The molecule has 0 spiro atoms. The molecule has 2 aromatic heterocycles. The Kier molecular flexibility index (Phi) is 7.38. The monoisotopic (exact) mass is 446 g/mol. The van der Waals surface area contributed by atoms with E-state index in [1.54, 1.807) is 18.3 Å². The number of hydrogen-bond acceptors (Lipinski definition) is 8. The van der Waals surface area contributed by atoms with Crippen molar-refractivity contribution >= 4 is 51.7 Å². The lowest BCUT2D eigenvalue weighted by Crippen LogP contribution is -2.28. The number of ether oxygens (including phenoxy) is 1. The predicted molar refractivity (Wildman–Crippen MR) is 123 cm³/mol. The summed E-state index contributed by atoms with van der Waals surface area (Å²) in [5.74, 6) is 0.0896. The first-order valence-corrected chi connectivity index (χ1v) is 10.5. The van der Waals surface area contributed by atoms with Crippen LogP contribution in [-0.4, -0.2) is 62.5 Å². The molecule has 2 aromatic rings. The fraction of sp³-hybridized carbons (Fsp3) is 0.300. The molecular formula is C20H22N4O4S2. The first kappa shape index (κ1) is 22.2. The number of fused-ring (bicyclic) bond motifs is 1. The van der Waals surface area contributed by atoms with Gasteiger partial charge in [0.15, 0.2) is 0 Å². The third kappa shape index (κ3) is 4.62. The Labute approximate surface area is 183 Å². The van der Waals surface area contributed by atoms with Crippen molar-refractivity contribution in [3.8, 4) is 0 Å². The number of aromatic nitrogens is 2. The molecule has 0 aromatic carbocycles. The van der Waals surface area contributed by atoms with E-state index in [4.69, 9.17) is 22.1 Å². The van der Waals surface area contributed by atoms with Gasteiger partial charge in [-0.05, 0) is 24.6 Å². The van der Waals surface area contributed by atoms with Gasteiger partial charge in [0.2, 0.25) is 0 Å². The molecule has 1 amide bonds. The Hall–Kier alpha value is -2.53. The Morgan fingerprint density at radius 2 is 2.20 bits per heavy atom. The van der Waals surface area contributed by atoms with E-state index < -0.39 is 0 Å². The molecule has 0 bridgehead atoms. The SMILES string of the molecule is C=CCN1C(=O)/C(=C\c2c(NCCOCCO)nc3c(C)cccn3c2=O)SC1=S. The number of thioether (sulfide) groups is 1. The standard InChI is InChI=1S/C20H22N4O4S2/c1-3-7-24-19(27)15(30-20(24)29)12-14-16(21-6-10-28-11-9-25)22-17-13(2)5-4-8-23(17)18(14)26/h3-5,8,12,21,25H,1,6-7,9-11H2,2H3/b15-12+. The number of aryl methyl sites for hydroxylation is 1. The summed E-state index contributed by atoms with van der Waals surface area (Å²) in [7, 11) is 0. The molecule has 1 aliphatic heterocycles. The quantitative estimate of drug-likeness (QED) is 0.261. The average molecular weight is 447 g/mol. The molecule has 3 heterocycles. The Morgan fingerprint density at radius 3 is 2.93 bits per heavy atom. The number of aliphatic hydroxyl groups excluding tert-OH is 1. The maximum Gasteiger partial charge on any atom is 0.267 e. The van der Waals surface area contributed by atoms with Gasteiger partial charge in [0.1, 0.15) is 15.8 Å². The van der Waals surface area contributed by atoms with Gasteiger partial charge in [0, 0.05) is 19.3 Å². The molecule has 0 radical (unpaired) electrons. The number of nitrogens with one attached hydrogen (secondary N) is 1. The van der Waals surface area contributed by atoms with Gasteiger partial charge in [0.25, 0.3) is 11.5 Å². The number of amides is 1. The lowest BCUT2D eigenvalue weighted by molar-refractivity contribution is -0.121. The van der Waals surface area contributed by atoms with Crippen molar-refractivity contribution in [1.29, 1.82) is 0 Å². The Balaban J connectivity index is 2.03. The smallest absolute Gasteiger partial charge is 0.267 e. The molecule has 0 saturated carbocycles. The van der Waals surface area contributed by atoms with Crippen molar-refractivity contribution in [1.82, 2.24) is 14.3 Å². The summed E-state index contributed by atoms with van der Waals surface area (Å²) in [5, 5.41) is 11.9. The average Bonchev–Trinajstić information content (AvgIpc) is 2.99. The topological polar surface area (TPSA) is 96.2 Å². The summed E-state index contributed by atoms with van der Waals surface area (Å²) in [6.07, 6.45) is 4.78. The van der Waals surface area contributed by atoms with E-state index >= 15 is 0 Å². The van der Waals surface area contributed by atoms with Gasteiger partial charge in [-0.3, -0.25) is 18.9 Å². The van der Waals surface area contributed by atoms with E-state index in [2.05, 4.69) is 16.9 Å². The van der Waals surface area contributed by atoms with Crippen LogP contribution in [0.5, 0.6) is 0 Å². The molecule has 30 heavy (non-hydrogen) atoms. The third-order valence-electron chi connectivity index (χ3n) is 4.32. The van der Waals surface area contributed by atoms with Gasteiger partial charge in [-0.15, -0.1) is 6.58 Å². The first-order chi connectivity index (χ1) is 14.5. The van der Waals surface area contributed by atoms with E-state index in [0.717, 1.165) is 17.3 Å². The van der Waals surface area contributed by atoms with Crippen molar-refractivity contribution in [3.05, 3.63) is 57.4 Å². The van der Waals surface area contributed by atoms with Crippen molar-refractivity contribution in [2.24, 2.45) is 0 Å². The summed E-state index contributed by atoms with van der Waals surface area (Å²) in [6, 6.07) is 3.64. The highest BCUT2D eigenvalue weighted by molar-refractivity contribution is 8.26. The Bertz CT molecular complexity index is 1080. The zero-order valence-electron chi connectivity index (χ0n) is 16.5. The molecule has 10 heteroatoms. The van der Waals surface area contributed by atoms with Crippen LogP contribution in [0.4, 0.5) is 5.82 Å². The number of rotatable bonds is 9. The number of carbonyl (C=O) groups excluding carboxylic acids is 1. The van der Waals surface area contributed by atoms with Crippen LogP contribution < -0.4 is 10.9 Å². The van der Waals surface area contributed by atoms with Crippen molar-refractivity contribution in [2.75, 3.05) is 38.2 Å². The molecule has 8 nitrogen and oxygen atoms in total. The maximum absolute atomic E-state index is 13.2. The van der Waals surface area contributed by atoms with Crippen molar-refractivity contribution in [2.45, 2.75) is 6.92 Å². The van der Waals surface area contributed by atoms with Crippen LogP contribution in [-0.2, 0) is 9.53 Å². The number of aliphatic hydroxyl groups is 1. The molecule has 1 aliphatic rings. The molecule has 1 saturated heterocycles. The van der Waals surface area contributed by atoms with Gasteiger partial charge < -0.3 is 15.2 Å². The fourth-order valence-corrected chi connectivity index (χ4v) is 4.16. The number of carbonyl (C=O) groups is 1. The molecule has 3 rings (SSSR count). The summed E-state index contributed by atoms with van der Waals surface area (Å²) in [4.78, 5) is 32.3. The minimum atomic E-state index is -0.295. The molecule has 0 aliphatic carbocycles. The van der Waals surface area contributed by atoms with Gasteiger partial charge in [-0.25, -0.2) is 4.98 Å². The summed E-state index contributed by atoms with van der Waals surface area (Å²) < 4.78 is 7.14. The van der Waals surface area contributed by atoms with Crippen LogP contribution in [0.15, 0.2) is 40.7 Å². The van der Waals surface area contributed by atoms with Crippen LogP contribution in [0.1, 0.15) is 11.1 Å². The molecular weight excluding hydrogens is 424 g/mol. The molecule has 2 N–H and O–H groups in total. The van der Waals surface area contributed by atoms with Gasteiger partial charge >= 0.3 is 0 Å². The first-order valence-electron chi connectivity index (χ1n) is 9.28. The molecule has 158 valence electrons. The number of anilines is 1. The van der Waals surface area contributed by atoms with Crippen molar-refractivity contribution < 1.29 is 14.6 Å². The second kappa shape index (κ2) is 9.98. The van der Waals surface area contributed by atoms with E-state index in [1.807, 2.05) is 13.0 Å². The van der Waals surface area contributed by atoms with Crippen LogP contribution in [0.2, 0.25) is 0 Å². The highest BCUT2D eigenvalue weighted by Gasteiger charge is 2.31. The maximum atomic E-state index is 13.2. The number of hydrogen-bond donors (Lipinski definition) is 2. The van der Waals surface area contributed by atoms with E-state index in [1.165, 1.54) is 15.4 Å². The van der Waals surface area contributed by atoms with Crippen LogP contribution in [0.25, 0.3) is 11.7 Å². The van der Waals surface area contributed by atoms with E-state index in [9.17, 15) is 9.59 Å². The van der Waals surface area contributed by atoms with Gasteiger partial charge in [0.05, 0.1) is 30.3 Å². The Morgan fingerprint density at radius 1 is 1.40 bits per heavy atom. The second-order valence-corrected chi connectivity index (χ2v) is 8.08. The number of thiocarbonyl (C=S) groups is 1. The van der Waals surface area contributed by atoms with E-state index in [0.29, 0.717) is 40.4 Å². The minimum Gasteiger partial charge on any atom is -0.394 e. The predicted octanol–water partition coefficient (Wildman–Crippen LogP) is 1.81. The zero-order valence-corrected chi connectivity index (χ0v) is 18.1. The largest absolute Gasteiger partial charge is 0.394 e.